The Kier molecular flexibility index (Phi) is 6.93. The van der Waals surface area contributed by atoms with Crippen LogP contribution in [0.5, 0.6) is 0 Å². The van der Waals surface area contributed by atoms with E-state index in [9.17, 15) is 24.0 Å². The van der Waals surface area contributed by atoms with Crippen molar-refractivity contribution in [1.29, 1.82) is 0 Å². The van der Waals surface area contributed by atoms with E-state index in [-0.39, 0.29) is 6.61 Å². The first kappa shape index (κ1) is 22.3. The van der Waals surface area contributed by atoms with Crippen molar-refractivity contribution in [3.8, 4) is 0 Å². The molecule has 0 amide bonds. The van der Waals surface area contributed by atoms with Crippen LogP contribution in [0.25, 0.3) is 0 Å². The van der Waals surface area contributed by atoms with Crippen molar-refractivity contribution in [3.05, 3.63) is 11.5 Å². The Morgan fingerprint density at radius 2 is 1.55 bits per heavy atom. The molecule has 0 aromatic rings. The number of ether oxygens (including phenoxy) is 5. The summed E-state index contributed by atoms with van der Waals surface area (Å²) >= 11 is 0. The Bertz CT molecular complexity index is 750. The lowest BCUT2D eigenvalue weighted by Gasteiger charge is -2.21. The van der Waals surface area contributed by atoms with E-state index in [1.165, 1.54) is 0 Å². The predicted molar refractivity (Wildman–Crippen MR) is 87.7 cm³/mol. The van der Waals surface area contributed by atoms with Crippen LogP contribution in [0.15, 0.2) is 11.5 Å². The average molecular weight is 416 g/mol. The van der Waals surface area contributed by atoms with Crippen LogP contribution in [0.4, 0.5) is 0 Å². The topological polar surface area (TPSA) is 172 Å². The summed E-state index contributed by atoms with van der Waals surface area (Å²) in [4.78, 5) is 57.2. The third-order valence-electron chi connectivity index (χ3n) is 3.80. The second-order valence-electron chi connectivity index (χ2n) is 6.62. The minimum atomic E-state index is -1.28. The summed E-state index contributed by atoms with van der Waals surface area (Å²) in [6.45, 7) is 3.19. The molecule has 2 aliphatic rings. The standard InChI is InChI=1S/C17H20O12/c1-17(2)25-7-8(29-17)13-14(26-11(22)5-3-9(18)19)15(16(24)28-13)27-12(23)6-4-10(20)21/h8,13H,3-7H2,1-2H3,(H,18,19)(H,20,21). The van der Waals surface area contributed by atoms with Crippen LogP contribution in [0, 0.1) is 0 Å². The minimum Gasteiger partial charge on any atom is -0.481 e. The van der Waals surface area contributed by atoms with Crippen LogP contribution in [0.1, 0.15) is 39.5 Å². The first-order chi connectivity index (χ1) is 13.5. The molecule has 0 aliphatic carbocycles. The molecule has 0 bridgehead atoms. The highest BCUT2D eigenvalue weighted by molar-refractivity contribution is 5.93. The maximum atomic E-state index is 12.2. The molecule has 0 spiro atoms. The number of hydrogen-bond acceptors (Lipinski definition) is 10. The van der Waals surface area contributed by atoms with E-state index in [0.717, 1.165) is 0 Å². The first-order valence-electron chi connectivity index (χ1n) is 8.60. The van der Waals surface area contributed by atoms with Gasteiger partial charge in [-0.15, -0.1) is 0 Å². The average Bonchev–Trinajstić information content (AvgIpc) is 3.12. The number of cyclic esters (lactones) is 1. The fraction of sp³-hybridized carbons (Fsp3) is 0.588. The van der Waals surface area contributed by atoms with Crippen LogP contribution in [-0.4, -0.2) is 64.7 Å². The number of carbonyl (C=O) groups excluding carboxylic acids is 3. The van der Waals surface area contributed by atoms with E-state index < -0.39 is 85.0 Å². The highest BCUT2D eigenvalue weighted by Crippen LogP contribution is 2.34. The molecule has 2 N–H and O–H groups in total. The van der Waals surface area contributed by atoms with Crippen LogP contribution in [0.3, 0.4) is 0 Å². The van der Waals surface area contributed by atoms with Gasteiger partial charge < -0.3 is 33.9 Å². The molecular weight excluding hydrogens is 396 g/mol. The van der Waals surface area contributed by atoms with E-state index in [4.69, 9.17) is 33.9 Å². The van der Waals surface area contributed by atoms with Gasteiger partial charge in [0.2, 0.25) is 5.76 Å². The Balaban J connectivity index is 2.22. The number of rotatable bonds is 9. The highest BCUT2D eigenvalue weighted by atomic mass is 16.8. The number of carboxylic acids is 2. The molecule has 1 fully saturated rings. The third-order valence-corrected chi connectivity index (χ3v) is 3.80. The predicted octanol–water partition coefficient (Wildman–Crippen LogP) is 0.0909. The quantitative estimate of drug-likeness (QED) is 0.384. The number of aliphatic carboxylic acids is 2. The first-order valence-corrected chi connectivity index (χ1v) is 8.60. The number of esters is 3. The van der Waals surface area contributed by atoms with Gasteiger partial charge in [-0.1, -0.05) is 0 Å². The van der Waals surface area contributed by atoms with Crippen molar-refractivity contribution < 1.29 is 57.9 Å². The third kappa shape index (κ3) is 6.26. The van der Waals surface area contributed by atoms with Gasteiger partial charge in [-0.2, -0.15) is 0 Å². The van der Waals surface area contributed by atoms with Gasteiger partial charge in [-0.05, 0) is 13.8 Å². The Morgan fingerprint density at radius 1 is 1.00 bits per heavy atom. The largest absolute Gasteiger partial charge is 0.481 e. The molecular formula is C17H20O12. The summed E-state index contributed by atoms with van der Waals surface area (Å²) in [5.41, 5.74) is 0. The van der Waals surface area contributed by atoms with Crippen LogP contribution in [-0.2, 0) is 47.7 Å². The maximum absolute atomic E-state index is 12.2. The zero-order chi connectivity index (χ0) is 21.8. The Hall–Kier alpha value is -2.99. The van der Waals surface area contributed by atoms with Gasteiger partial charge in [-0.3, -0.25) is 19.2 Å². The molecule has 1 saturated heterocycles. The second-order valence-corrected chi connectivity index (χ2v) is 6.62. The van der Waals surface area contributed by atoms with Crippen molar-refractivity contribution in [2.24, 2.45) is 0 Å². The summed E-state index contributed by atoms with van der Waals surface area (Å²) in [6.07, 6.45) is -4.26. The monoisotopic (exact) mass is 416 g/mol. The maximum Gasteiger partial charge on any atom is 0.378 e. The lowest BCUT2D eigenvalue weighted by Crippen LogP contribution is -2.34. The fourth-order valence-electron chi connectivity index (χ4n) is 2.51. The van der Waals surface area contributed by atoms with Gasteiger partial charge in [0, 0.05) is 0 Å². The number of carboxylic acid groups (broad SMARTS) is 2. The van der Waals surface area contributed by atoms with Gasteiger partial charge in [-0.25, -0.2) is 4.79 Å². The molecule has 160 valence electrons. The molecule has 12 nitrogen and oxygen atoms in total. The molecule has 2 unspecified atom stereocenters. The molecule has 2 atom stereocenters. The molecule has 2 aliphatic heterocycles. The summed E-state index contributed by atoms with van der Waals surface area (Å²) in [5.74, 6) is -7.83. The van der Waals surface area contributed by atoms with E-state index >= 15 is 0 Å². The molecule has 12 heteroatoms. The highest BCUT2D eigenvalue weighted by Gasteiger charge is 2.49. The minimum absolute atomic E-state index is 0.0264. The van der Waals surface area contributed by atoms with Crippen molar-refractivity contribution in [3.63, 3.8) is 0 Å². The van der Waals surface area contributed by atoms with Crippen LogP contribution >= 0.6 is 0 Å². The molecule has 0 aromatic carbocycles. The molecule has 29 heavy (non-hydrogen) atoms. The van der Waals surface area contributed by atoms with Crippen molar-refractivity contribution in [2.75, 3.05) is 6.61 Å². The zero-order valence-electron chi connectivity index (χ0n) is 15.7. The SMILES string of the molecule is CC1(C)OCC(C2OC(=O)C(OC(=O)CCC(=O)O)=C2OC(=O)CCC(=O)O)O1. The van der Waals surface area contributed by atoms with Gasteiger partial charge >= 0.3 is 29.8 Å². The molecule has 0 aromatic heterocycles. The van der Waals surface area contributed by atoms with Crippen LogP contribution < -0.4 is 0 Å². The fourth-order valence-corrected chi connectivity index (χ4v) is 2.51. The lowest BCUT2D eigenvalue weighted by atomic mass is 10.2. The molecule has 0 radical (unpaired) electrons. The van der Waals surface area contributed by atoms with Gasteiger partial charge in [0.25, 0.3) is 5.76 Å². The molecule has 2 heterocycles. The Morgan fingerprint density at radius 3 is 2.03 bits per heavy atom. The number of hydrogen-bond donors (Lipinski definition) is 2. The van der Waals surface area contributed by atoms with E-state index in [1.54, 1.807) is 13.8 Å². The van der Waals surface area contributed by atoms with Crippen molar-refractivity contribution >= 4 is 29.8 Å². The van der Waals surface area contributed by atoms with E-state index in [1.807, 2.05) is 0 Å². The van der Waals surface area contributed by atoms with Gasteiger partial charge in [0.05, 0.1) is 32.3 Å². The lowest BCUT2D eigenvalue weighted by molar-refractivity contribution is -0.166. The van der Waals surface area contributed by atoms with Crippen molar-refractivity contribution in [2.45, 2.75) is 57.5 Å². The molecule has 0 saturated carbocycles. The summed E-state index contributed by atoms with van der Waals surface area (Å²) in [7, 11) is 0. The normalized spacial score (nSPS) is 22.9. The second kappa shape index (κ2) is 9.01. The molecule has 2 rings (SSSR count). The Labute approximate surface area is 164 Å². The zero-order valence-corrected chi connectivity index (χ0v) is 15.7. The smallest absolute Gasteiger partial charge is 0.378 e. The van der Waals surface area contributed by atoms with Gasteiger partial charge in [0.1, 0.15) is 6.10 Å². The van der Waals surface area contributed by atoms with Gasteiger partial charge in [0.15, 0.2) is 11.9 Å². The summed E-state index contributed by atoms with van der Waals surface area (Å²) in [5, 5.41) is 17.3. The van der Waals surface area contributed by atoms with E-state index in [0.29, 0.717) is 0 Å². The number of carbonyl (C=O) groups is 5. The van der Waals surface area contributed by atoms with Crippen molar-refractivity contribution in [1.82, 2.24) is 0 Å². The summed E-state index contributed by atoms with van der Waals surface area (Å²) in [6, 6.07) is 0. The van der Waals surface area contributed by atoms with Crippen LogP contribution in [0.2, 0.25) is 0 Å². The van der Waals surface area contributed by atoms with E-state index in [2.05, 4.69) is 0 Å². The summed E-state index contributed by atoms with van der Waals surface area (Å²) < 4.78 is 26.0.